The third-order valence-electron chi connectivity index (χ3n) is 2.69. The number of hydrogen-bond acceptors (Lipinski definition) is 5. The van der Waals surface area contributed by atoms with Crippen LogP contribution in [0, 0.1) is 19.8 Å². The molecule has 112 valence electrons. The summed E-state index contributed by atoms with van der Waals surface area (Å²) in [5, 5.41) is 9.74. The molecule has 1 aromatic rings. The largest absolute Gasteiger partial charge is 0.478 e. The number of carboxylic acid groups (broad SMARTS) is 1. The van der Waals surface area contributed by atoms with Crippen molar-refractivity contribution in [2.24, 2.45) is 5.92 Å². The minimum Gasteiger partial charge on any atom is -0.478 e. The van der Waals surface area contributed by atoms with Crippen LogP contribution in [0.4, 0.5) is 0 Å². The van der Waals surface area contributed by atoms with Crippen LogP contribution in [0.2, 0.25) is 0 Å². The second kappa shape index (κ2) is 8.21. The Kier molecular flexibility index (Phi) is 6.95. The minimum atomic E-state index is -0.981. The van der Waals surface area contributed by atoms with E-state index in [1.807, 2.05) is 0 Å². The quantitative estimate of drug-likeness (QED) is 0.452. The third kappa shape index (κ3) is 5.46. The Bertz CT molecular complexity index is 464. The van der Waals surface area contributed by atoms with E-state index in [1.165, 1.54) is 11.8 Å². The lowest BCUT2D eigenvalue weighted by Crippen LogP contribution is -2.09. The molecule has 0 amide bonds. The van der Waals surface area contributed by atoms with E-state index in [0.29, 0.717) is 34.8 Å². The zero-order valence-electron chi connectivity index (χ0n) is 12.5. The van der Waals surface area contributed by atoms with Gasteiger partial charge >= 0.3 is 5.97 Å². The molecule has 0 saturated heterocycles. The molecule has 1 rings (SSSR count). The van der Waals surface area contributed by atoms with Gasteiger partial charge in [-0.05, 0) is 26.2 Å². The first kappa shape index (κ1) is 16.9. The average Bonchev–Trinajstić information content (AvgIpc) is 2.31. The fraction of sp³-hybridized carbons (Fsp3) is 0.643. The van der Waals surface area contributed by atoms with Gasteiger partial charge in [-0.15, -0.1) is 11.8 Å². The number of carbonyl (C=O) groups is 1. The van der Waals surface area contributed by atoms with Gasteiger partial charge in [0.1, 0.15) is 16.4 Å². The maximum Gasteiger partial charge on any atom is 0.340 e. The monoisotopic (exact) mass is 298 g/mol. The molecule has 1 heterocycles. The molecular formula is C14H22N2O3S. The molecule has 0 aliphatic heterocycles. The number of aromatic nitrogens is 2. The summed E-state index contributed by atoms with van der Waals surface area (Å²) in [4.78, 5) is 19.6. The van der Waals surface area contributed by atoms with Crippen molar-refractivity contribution >= 4 is 17.7 Å². The van der Waals surface area contributed by atoms with E-state index >= 15 is 0 Å². The number of aromatic carboxylic acids is 1. The van der Waals surface area contributed by atoms with Gasteiger partial charge in [0, 0.05) is 12.4 Å². The summed E-state index contributed by atoms with van der Waals surface area (Å²) in [6.07, 6.45) is 1.04. The van der Waals surface area contributed by atoms with E-state index in [0.717, 1.165) is 13.0 Å². The van der Waals surface area contributed by atoms with E-state index in [1.54, 1.807) is 13.8 Å². The highest BCUT2D eigenvalue weighted by atomic mass is 32.2. The minimum absolute atomic E-state index is 0.197. The fourth-order valence-corrected chi connectivity index (χ4v) is 2.62. The lowest BCUT2D eigenvalue weighted by molar-refractivity contribution is 0.0690. The Morgan fingerprint density at radius 3 is 2.60 bits per heavy atom. The zero-order chi connectivity index (χ0) is 15.1. The Morgan fingerprint density at radius 2 is 2.00 bits per heavy atom. The second-order valence-corrected chi connectivity index (χ2v) is 6.07. The topological polar surface area (TPSA) is 72.3 Å². The summed E-state index contributed by atoms with van der Waals surface area (Å²) < 4.78 is 5.52. The molecule has 0 fully saturated rings. The van der Waals surface area contributed by atoms with Gasteiger partial charge in [0.05, 0.1) is 12.3 Å². The van der Waals surface area contributed by atoms with Crippen molar-refractivity contribution in [3.8, 4) is 0 Å². The van der Waals surface area contributed by atoms with Crippen LogP contribution in [0.1, 0.15) is 42.1 Å². The molecule has 6 heteroatoms. The Labute approximate surface area is 124 Å². The molecule has 20 heavy (non-hydrogen) atoms. The summed E-state index contributed by atoms with van der Waals surface area (Å²) in [7, 11) is 0. The van der Waals surface area contributed by atoms with Crippen molar-refractivity contribution in [3.05, 3.63) is 17.1 Å². The van der Waals surface area contributed by atoms with Gasteiger partial charge in [0.2, 0.25) is 0 Å². The SMILES string of the molecule is Cc1nc(C)c(C(=O)O)c(SCCOCCC(C)C)n1. The molecule has 1 N–H and O–H groups in total. The van der Waals surface area contributed by atoms with Crippen molar-refractivity contribution in [1.29, 1.82) is 0 Å². The maximum atomic E-state index is 11.2. The zero-order valence-corrected chi connectivity index (χ0v) is 13.3. The van der Waals surface area contributed by atoms with Crippen molar-refractivity contribution in [1.82, 2.24) is 9.97 Å². The number of thioether (sulfide) groups is 1. The molecule has 5 nitrogen and oxygen atoms in total. The van der Waals surface area contributed by atoms with Crippen LogP contribution in [-0.2, 0) is 4.74 Å². The highest BCUT2D eigenvalue weighted by Gasteiger charge is 2.17. The Morgan fingerprint density at radius 1 is 1.30 bits per heavy atom. The summed E-state index contributed by atoms with van der Waals surface area (Å²) >= 11 is 1.41. The molecule has 0 aliphatic rings. The predicted molar refractivity (Wildman–Crippen MR) is 79.5 cm³/mol. The first-order chi connectivity index (χ1) is 9.41. The highest BCUT2D eigenvalue weighted by Crippen LogP contribution is 2.22. The summed E-state index contributed by atoms with van der Waals surface area (Å²) in [6.45, 7) is 9.11. The van der Waals surface area contributed by atoms with E-state index in [2.05, 4.69) is 23.8 Å². The van der Waals surface area contributed by atoms with Crippen LogP contribution in [0.25, 0.3) is 0 Å². The number of aryl methyl sites for hydroxylation is 2. The average molecular weight is 298 g/mol. The maximum absolute atomic E-state index is 11.2. The van der Waals surface area contributed by atoms with Gasteiger partial charge in [-0.1, -0.05) is 13.8 Å². The Balaban J connectivity index is 2.53. The number of hydrogen-bond donors (Lipinski definition) is 1. The van der Waals surface area contributed by atoms with Crippen LogP contribution < -0.4 is 0 Å². The molecular weight excluding hydrogens is 276 g/mol. The van der Waals surface area contributed by atoms with Crippen molar-refractivity contribution in [2.45, 2.75) is 39.1 Å². The predicted octanol–water partition coefficient (Wildman–Crippen LogP) is 2.95. The summed E-state index contributed by atoms with van der Waals surface area (Å²) in [5.74, 6) is 0.934. The van der Waals surface area contributed by atoms with Crippen molar-refractivity contribution in [2.75, 3.05) is 19.0 Å². The number of ether oxygens (including phenoxy) is 1. The summed E-state index contributed by atoms with van der Waals surface area (Å²) in [6, 6.07) is 0. The lowest BCUT2D eigenvalue weighted by atomic mass is 10.1. The molecule has 0 aliphatic carbocycles. The number of carboxylic acids is 1. The van der Waals surface area contributed by atoms with Crippen molar-refractivity contribution < 1.29 is 14.6 Å². The highest BCUT2D eigenvalue weighted by molar-refractivity contribution is 7.99. The van der Waals surface area contributed by atoms with Crippen LogP contribution in [0.3, 0.4) is 0 Å². The lowest BCUT2D eigenvalue weighted by Gasteiger charge is -2.09. The molecule has 0 atom stereocenters. The van der Waals surface area contributed by atoms with Gasteiger partial charge in [-0.2, -0.15) is 0 Å². The molecule has 0 saturated carbocycles. The normalized spacial score (nSPS) is 11.1. The summed E-state index contributed by atoms with van der Waals surface area (Å²) in [5.41, 5.74) is 0.705. The van der Waals surface area contributed by atoms with Crippen LogP contribution in [-0.4, -0.2) is 40.0 Å². The first-order valence-electron chi connectivity index (χ1n) is 6.71. The first-order valence-corrected chi connectivity index (χ1v) is 7.69. The van der Waals surface area contributed by atoms with Crippen molar-refractivity contribution in [3.63, 3.8) is 0 Å². The fourth-order valence-electron chi connectivity index (χ4n) is 1.65. The number of nitrogens with zero attached hydrogens (tertiary/aromatic N) is 2. The van der Waals surface area contributed by atoms with Crippen LogP contribution in [0.15, 0.2) is 5.03 Å². The molecule has 0 spiro atoms. The van der Waals surface area contributed by atoms with Crippen LogP contribution in [0.5, 0.6) is 0 Å². The van der Waals surface area contributed by atoms with Gasteiger partial charge in [-0.25, -0.2) is 14.8 Å². The van der Waals surface area contributed by atoms with Crippen LogP contribution >= 0.6 is 11.8 Å². The smallest absolute Gasteiger partial charge is 0.340 e. The second-order valence-electron chi connectivity index (χ2n) is 4.98. The van der Waals surface area contributed by atoms with Gasteiger partial charge in [-0.3, -0.25) is 0 Å². The van der Waals surface area contributed by atoms with E-state index < -0.39 is 5.97 Å². The Hall–Kier alpha value is -1.14. The van der Waals surface area contributed by atoms with Gasteiger partial charge in [0.25, 0.3) is 0 Å². The molecule has 0 radical (unpaired) electrons. The third-order valence-corrected chi connectivity index (χ3v) is 3.63. The van der Waals surface area contributed by atoms with E-state index in [9.17, 15) is 9.90 Å². The number of rotatable bonds is 8. The molecule has 1 aromatic heterocycles. The molecule has 0 unspecified atom stereocenters. The van der Waals surface area contributed by atoms with E-state index in [-0.39, 0.29) is 5.56 Å². The molecule has 0 bridgehead atoms. The molecule has 0 aromatic carbocycles. The van der Waals surface area contributed by atoms with Gasteiger partial charge < -0.3 is 9.84 Å². The van der Waals surface area contributed by atoms with Gasteiger partial charge in [0.15, 0.2) is 0 Å². The standard InChI is InChI=1S/C14H22N2O3S/c1-9(2)5-6-19-7-8-20-13-12(14(17)18)10(3)15-11(4)16-13/h9H,5-8H2,1-4H3,(H,17,18). The van der Waals surface area contributed by atoms with E-state index in [4.69, 9.17) is 4.74 Å².